The molecule has 1 rings (SSSR count). The van der Waals surface area contributed by atoms with Crippen molar-refractivity contribution in [2.75, 3.05) is 0 Å². The predicted octanol–water partition coefficient (Wildman–Crippen LogP) is 3.72. The van der Waals surface area contributed by atoms with Crippen molar-refractivity contribution in [1.82, 2.24) is 0 Å². The summed E-state index contributed by atoms with van der Waals surface area (Å²) in [4.78, 5) is 10.5. The van der Waals surface area contributed by atoms with Crippen molar-refractivity contribution in [3.63, 3.8) is 0 Å². The Morgan fingerprint density at radius 2 is 2.07 bits per heavy atom. The summed E-state index contributed by atoms with van der Waals surface area (Å²) >= 11 is 0. The molecule has 0 spiro atoms. The second kappa shape index (κ2) is 6.39. The summed E-state index contributed by atoms with van der Waals surface area (Å²) in [7, 11) is 0. The maximum atomic E-state index is 10.5. The molecule has 0 heterocycles. The molecule has 0 amide bonds. The zero-order chi connectivity index (χ0) is 11.1. The summed E-state index contributed by atoms with van der Waals surface area (Å²) < 4.78 is 0. The van der Waals surface area contributed by atoms with Gasteiger partial charge in [-0.2, -0.15) is 0 Å². The summed E-state index contributed by atoms with van der Waals surface area (Å²) in [5.74, 6) is 0.357. The molecule has 0 aliphatic carbocycles. The van der Waals surface area contributed by atoms with Crippen LogP contribution in [-0.2, 0) is 11.2 Å². The Bertz CT molecular complexity index is 304. The molecule has 0 aliphatic heterocycles. The van der Waals surface area contributed by atoms with Crippen molar-refractivity contribution in [2.24, 2.45) is 0 Å². The van der Waals surface area contributed by atoms with Gasteiger partial charge in [0, 0.05) is 6.42 Å². The SMILES string of the molecule is CCCCc1ccccc1C(C)CC=O. The van der Waals surface area contributed by atoms with Gasteiger partial charge in [-0.15, -0.1) is 0 Å². The van der Waals surface area contributed by atoms with E-state index < -0.39 is 0 Å². The van der Waals surface area contributed by atoms with Gasteiger partial charge in [0.1, 0.15) is 6.29 Å². The molecule has 1 aromatic rings. The van der Waals surface area contributed by atoms with E-state index in [-0.39, 0.29) is 0 Å². The molecule has 0 fully saturated rings. The van der Waals surface area contributed by atoms with Crippen LogP contribution in [0.2, 0.25) is 0 Å². The van der Waals surface area contributed by atoms with Crippen molar-refractivity contribution < 1.29 is 4.79 Å². The molecule has 1 unspecified atom stereocenters. The minimum atomic E-state index is 0.357. The molecule has 1 heteroatoms. The quantitative estimate of drug-likeness (QED) is 0.645. The molecule has 0 aliphatic rings. The lowest BCUT2D eigenvalue weighted by atomic mass is 9.91. The molecule has 0 radical (unpaired) electrons. The molecule has 15 heavy (non-hydrogen) atoms. The lowest BCUT2D eigenvalue weighted by Crippen LogP contribution is -2.00. The van der Waals surface area contributed by atoms with Crippen LogP contribution in [-0.4, -0.2) is 6.29 Å². The number of rotatable bonds is 6. The third-order valence-corrected chi connectivity index (χ3v) is 2.84. The number of benzene rings is 1. The Morgan fingerprint density at radius 3 is 2.73 bits per heavy atom. The molecule has 0 N–H and O–H groups in total. The van der Waals surface area contributed by atoms with Crippen LogP contribution < -0.4 is 0 Å². The van der Waals surface area contributed by atoms with Crippen LogP contribution in [0.25, 0.3) is 0 Å². The first kappa shape index (κ1) is 12.0. The van der Waals surface area contributed by atoms with Gasteiger partial charge in [0.15, 0.2) is 0 Å². The standard InChI is InChI=1S/C14H20O/c1-3-4-7-13-8-5-6-9-14(13)12(2)10-11-15/h5-6,8-9,11-12H,3-4,7,10H2,1-2H3. The molecule has 82 valence electrons. The zero-order valence-corrected chi connectivity index (χ0v) is 9.70. The largest absolute Gasteiger partial charge is 0.303 e. The highest BCUT2D eigenvalue weighted by molar-refractivity contribution is 5.52. The number of unbranched alkanes of at least 4 members (excludes halogenated alkanes) is 1. The highest BCUT2D eigenvalue weighted by Crippen LogP contribution is 2.23. The minimum absolute atomic E-state index is 0.357. The van der Waals surface area contributed by atoms with Crippen LogP contribution >= 0.6 is 0 Å². The van der Waals surface area contributed by atoms with Crippen molar-refractivity contribution >= 4 is 6.29 Å². The molecule has 1 nitrogen and oxygen atoms in total. The average molecular weight is 204 g/mol. The van der Waals surface area contributed by atoms with Gasteiger partial charge < -0.3 is 4.79 Å². The third kappa shape index (κ3) is 3.50. The van der Waals surface area contributed by atoms with Crippen LogP contribution in [0, 0.1) is 0 Å². The Labute approximate surface area is 92.5 Å². The van der Waals surface area contributed by atoms with E-state index >= 15 is 0 Å². The third-order valence-electron chi connectivity index (χ3n) is 2.84. The average Bonchev–Trinajstić information content (AvgIpc) is 2.27. The number of carbonyl (C=O) groups excluding carboxylic acids is 1. The fourth-order valence-electron chi connectivity index (χ4n) is 1.88. The summed E-state index contributed by atoms with van der Waals surface area (Å²) in [5, 5.41) is 0. The fourth-order valence-corrected chi connectivity index (χ4v) is 1.88. The van der Waals surface area contributed by atoms with E-state index in [2.05, 4.69) is 38.1 Å². The first-order chi connectivity index (χ1) is 7.29. The molecule has 0 aromatic heterocycles. The minimum Gasteiger partial charge on any atom is -0.303 e. The van der Waals surface area contributed by atoms with Crippen molar-refractivity contribution in [3.8, 4) is 0 Å². The van der Waals surface area contributed by atoms with E-state index in [0.717, 1.165) is 12.7 Å². The number of hydrogen-bond donors (Lipinski definition) is 0. The van der Waals surface area contributed by atoms with Crippen LogP contribution in [0.1, 0.15) is 50.2 Å². The number of carbonyl (C=O) groups is 1. The van der Waals surface area contributed by atoms with E-state index in [9.17, 15) is 4.79 Å². The second-order valence-corrected chi connectivity index (χ2v) is 4.11. The number of hydrogen-bond acceptors (Lipinski definition) is 1. The molecular formula is C14H20O. The Hall–Kier alpha value is -1.11. The normalized spacial score (nSPS) is 12.4. The summed E-state index contributed by atoms with van der Waals surface area (Å²) in [6.45, 7) is 4.33. The Balaban J connectivity index is 2.80. The van der Waals surface area contributed by atoms with Gasteiger partial charge in [-0.05, 0) is 29.9 Å². The van der Waals surface area contributed by atoms with E-state index in [1.165, 1.54) is 24.0 Å². The number of aryl methyl sites for hydroxylation is 1. The zero-order valence-electron chi connectivity index (χ0n) is 9.70. The monoisotopic (exact) mass is 204 g/mol. The van der Waals surface area contributed by atoms with Gasteiger partial charge in [0.05, 0.1) is 0 Å². The summed E-state index contributed by atoms with van der Waals surface area (Å²) in [5.41, 5.74) is 2.76. The fraction of sp³-hybridized carbons (Fsp3) is 0.500. The first-order valence-corrected chi connectivity index (χ1v) is 5.81. The Kier molecular flexibility index (Phi) is 5.09. The first-order valence-electron chi connectivity index (χ1n) is 5.81. The van der Waals surface area contributed by atoms with Gasteiger partial charge in [-0.3, -0.25) is 0 Å². The van der Waals surface area contributed by atoms with E-state index in [0.29, 0.717) is 12.3 Å². The van der Waals surface area contributed by atoms with E-state index in [4.69, 9.17) is 0 Å². The maximum Gasteiger partial charge on any atom is 0.120 e. The van der Waals surface area contributed by atoms with Crippen molar-refractivity contribution in [3.05, 3.63) is 35.4 Å². The van der Waals surface area contributed by atoms with Crippen LogP contribution in [0.4, 0.5) is 0 Å². The molecule has 1 aromatic carbocycles. The number of aldehydes is 1. The van der Waals surface area contributed by atoms with E-state index in [1.54, 1.807) is 0 Å². The topological polar surface area (TPSA) is 17.1 Å². The Morgan fingerprint density at radius 1 is 1.33 bits per heavy atom. The van der Waals surface area contributed by atoms with Gasteiger partial charge in [0.2, 0.25) is 0 Å². The summed E-state index contributed by atoms with van der Waals surface area (Å²) in [6, 6.07) is 8.49. The lowest BCUT2D eigenvalue weighted by Gasteiger charge is -2.13. The smallest absolute Gasteiger partial charge is 0.120 e. The lowest BCUT2D eigenvalue weighted by molar-refractivity contribution is -0.108. The van der Waals surface area contributed by atoms with E-state index in [1.807, 2.05) is 0 Å². The molecule has 0 saturated heterocycles. The summed E-state index contributed by atoms with van der Waals surface area (Å²) in [6.07, 6.45) is 5.22. The highest BCUT2D eigenvalue weighted by atomic mass is 16.1. The predicted molar refractivity (Wildman–Crippen MR) is 64.2 cm³/mol. The van der Waals surface area contributed by atoms with Crippen LogP contribution in [0.3, 0.4) is 0 Å². The molecule has 0 saturated carbocycles. The molecular weight excluding hydrogens is 184 g/mol. The van der Waals surface area contributed by atoms with Gasteiger partial charge in [0.25, 0.3) is 0 Å². The van der Waals surface area contributed by atoms with Crippen LogP contribution in [0.15, 0.2) is 24.3 Å². The second-order valence-electron chi connectivity index (χ2n) is 4.11. The highest BCUT2D eigenvalue weighted by Gasteiger charge is 2.08. The molecule has 1 atom stereocenters. The van der Waals surface area contributed by atoms with Crippen molar-refractivity contribution in [1.29, 1.82) is 0 Å². The molecule has 0 bridgehead atoms. The van der Waals surface area contributed by atoms with Gasteiger partial charge in [-0.25, -0.2) is 0 Å². The maximum absolute atomic E-state index is 10.5. The van der Waals surface area contributed by atoms with Gasteiger partial charge in [-0.1, -0.05) is 44.5 Å². The van der Waals surface area contributed by atoms with Gasteiger partial charge >= 0.3 is 0 Å². The van der Waals surface area contributed by atoms with Crippen LogP contribution in [0.5, 0.6) is 0 Å². The van der Waals surface area contributed by atoms with Crippen molar-refractivity contribution in [2.45, 2.75) is 45.4 Å².